The van der Waals surface area contributed by atoms with E-state index < -0.39 is 12.1 Å². The highest BCUT2D eigenvalue weighted by molar-refractivity contribution is 7.07. The molecule has 1 amide bonds. The van der Waals surface area contributed by atoms with E-state index in [-0.39, 0.29) is 5.91 Å². The van der Waals surface area contributed by atoms with Gasteiger partial charge < -0.3 is 20.0 Å². The number of aromatic amines is 2. The first-order chi connectivity index (χ1) is 15.7. The van der Waals surface area contributed by atoms with Crippen molar-refractivity contribution in [1.82, 2.24) is 9.97 Å². The number of carboxylic acid groups (broad SMARTS) is 1. The summed E-state index contributed by atoms with van der Waals surface area (Å²) >= 11 is 1.54. The number of ether oxygens (including phenoxy) is 1. The number of carbonyl (C=O) groups excluding carboxylic acids is 2. The standard InChI is InChI=1S/C19H16N4O2S.C2HF3O2/c1-25-14-5-2-12(3-6-14)8-18(24)21-13-4-7-15-16(9-13)23-19(22-15)17-10-26-11-20-17;3-2(4,5)1(6)7/h2-7,9-11H,8H2,1H3,(H,21,24)(H,22,23);(H,6,7). The lowest BCUT2D eigenvalue weighted by Crippen LogP contribution is -2.37. The maximum atomic E-state index is 12.3. The molecule has 0 aliphatic carbocycles. The fourth-order valence-electron chi connectivity index (χ4n) is 2.73. The molecule has 3 N–H and O–H groups in total. The molecule has 8 nitrogen and oxygen atoms in total. The van der Waals surface area contributed by atoms with Gasteiger partial charge in [-0.3, -0.25) is 4.79 Å². The first-order valence-electron chi connectivity index (χ1n) is 9.30. The third kappa shape index (κ3) is 6.53. The molecule has 0 spiro atoms. The SMILES string of the molecule is COc1ccc(CC(=O)Nc2ccc3[nH+]c(-c4cscn4)[nH]c3c2)cc1.O=C([O-])C(F)(F)F. The minimum atomic E-state index is -5.19. The summed E-state index contributed by atoms with van der Waals surface area (Å²) in [7, 11) is 1.62. The summed E-state index contributed by atoms with van der Waals surface area (Å²) in [5.74, 6) is -1.45. The Labute approximate surface area is 189 Å². The number of anilines is 1. The number of hydrogen-bond acceptors (Lipinski definition) is 6. The van der Waals surface area contributed by atoms with Gasteiger partial charge in [-0.25, -0.2) is 15.0 Å². The molecule has 0 unspecified atom stereocenters. The summed E-state index contributed by atoms with van der Waals surface area (Å²) in [4.78, 5) is 32.0. The molecule has 12 heteroatoms. The molecule has 33 heavy (non-hydrogen) atoms. The third-order valence-electron chi connectivity index (χ3n) is 4.27. The molecule has 0 saturated carbocycles. The van der Waals surface area contributed by atoms with E-state index in [0.717, 1.165) is 39.6 Å². The van der Waals surface area contributed by atoms with E-state index in [2.05, 4.69) is 20.3 Å². The molecule has 2 aromatic heterocycles. The summed E-state index contributed by atoms with van der Waals surface area (Å²) in [6, 6.07) is 13.2. The number of fused-ring (bicyclic) bond motifs is 1. The number of benzene rings is 2. The van der Waals surface area contributed by atoms with Crippen LogP contribution in [0.2, 0.25) is 0 Å². The number of nitrogens with zero attached hydrogens (tertiary/aromatic N) is 1. The monoisotopic (exact) mass is 478 g/mol. The van der Waals surface area contributed by atoms with Crippen LogP contribution in [0.4, 0.5) is 18.9 Å². The van der Waals surface area contributed by atoms with Gasteiger partial charge >= 0.3 is 12.0 Å². The Hall–Kier alpha value is -3.93. The quantitative estimate of drug-likeness (QED) is 0.457. The van der Waals surface area contributed by atoms with Gasteiger partial charge in [0.25, 0.3) is 0 Å². The molecule has 0 saturated heterocycles. The number of carbonyl (C=O) groups is 2. The van der Waals surface area contributed by atoms with E-state index in [4.69, 9.17) is 14.6 Å². The Bertz CT molecular complexity index is 1240. The number of imidazole rings is 1. The summed E-state index contributed by atoms with van der Waals surface area (Å²) in [5, 5.41) is 13.7. The number of carboxylic acids is 1. The van der Waals surface area contributed by atoms with Crippen LogP contribution in [0.5, 0.6) is 5.75 Å². The Kier molecular flexibility index (Phi) is 7.28. The maximum absolute atomic E-state index is 12.3. The lowest BCUT2D eigenvalue weighted by molar-refractivity contribution is -0.344. The first-order valence-corrected chi connectivity index (χ1v) is 10.2. The number of aliphatic carboxylic acids is 1. The van der Waals surface area contributed by atoms with Crippen molar-refractivity contribution in [2.24, 2.45) is 0 Å². The maximum Gasteiger partial charge on any atom is 0.430 e. The van der Waals surface area contributed by atoms with Crippen LogP contribution in [0.1, 0.15) is 5.56 Å². The molecule has 0 aliphatic rings. The number of alkyl halides is 3. The zero-order chi connectivity index (χ0) is 24.0. The Morgan fingerprint density at radius 2 is 1.91 bits per heavy atom. The summed E-state index contributed by atoms with van der Waals surface area (Å²) in [6.07, 6.45) is -4.89. The van der Waals surface area contributed by atoms with Crippen molar-refractivity contribution in [3.05, 3.63) is 58.9 Å². The normalized spacial score (nSPS) is 10.9. The van der Waals surface area contributed by atoms with Gasteiger partial charge in [-0.05, 0) is 29.8 Å². The van der Waals surface area contributed by atoms with Gasteiger partial charge in [0, 0.05) is 17.1 Å². The summed E-state index contributed by atoms with van der Waals surface area (Å²) < 4.78 is 36.7. The van der Waals surface area contributed by atoms with E-state index >= 15 is 0 Å². The molecule has 0 atom stereocenters. The zero-order valence-corrected chi connectivity index (χ0v) is 17.8. The Balaban J connectivity index is 0.000000383. The smallest absolute Gasteiger partial charge is 0.430 e. The minimum Gasteiger partial charge on any atom is -0.542 e. The zero-order valence-electron chi connectivity index (χ0n) is 17.0. The van der Waals surface area contributed by atoms with Gasteiger partial charge in [-0.1, -0.05) is 12.1 Å². The second kappa shape index (κ2) is 10.1. The van der Waals surface area contributed by atoms with E-state index in [1.165, 1.54) is 0 Å². The fourth-order valence-corrected chi connectivity index (χ4v) is 3.28. The highest BCUT2D eigenvalue weighted by atomic mass is 32.1. The molecule has 0 fully saturated rings. The average Bonchev–Trinajstić information content (AvgIpc) is 3.43. The molecule has 4 rings (SSSR count). The van der Waals surface area contributed by atoms with Gasteiger partial charge in [0.2, 0.25) is 5.91 Å². The van der Waals surface area contributed by atoms with Crippen molar-refractivity contribution in [2.45, 2.75) is 12.6 Å². The summed E-state index contributed by atoms with van der Waals surface area (Å²) in [5.41, 5.74) is 6.21. The predicted molar refractivity (Wildman–Crippen MR) is 112 cm³/mol. The van der Waals surface area contributed by atoms with Crippen LogP contribution in [0.3, 0.4) is 0 Å². The molecule has 4 aromatic rings. The second-order valence-electron chi connectivity index (χ2n) is 6.62. The van der Waals surface area contributed by atoms with Crippen molar-refractivity contribution in [2.75, 3.05) is 12.4 Å². The van der Waals surface area contributed by atoms with Gasteiger partial charge in [-0.15, -0.1) is 11.3 Å². The number of rotatable bonds is 5. The number of halogens is 3. The highest BCUT2D eigenvalue weighted by Crippen LogP contribution is 2.20. The van der Waals surface area contributed by atoms with Gasteiger partial charge in [0.05, 0.1) is 19.0 Å². The number of methoxy groups -OCH3 is 1. The Morgan fingerprint density at radius 1 is 1.21 bits per heavy atom. The van der Waals surface area contributed by atoms with Crippen LogP contribution >= 0.6 is 11.3 Å². The molecule has 2 aromatic carbocycles. The number of amides is 1. The number of nitrogens with one attached hydrogen (secondary N) is 3. The van der Waals surface area contributed by atoms with Crippen LogP contribution < -0.4 is 20.1 Å². The van der Waals surface area contributed by atoms with E-state index in [9.17, 15) is 18.0 Å². The lowest BCUT2D eigenvalue weighted by Gasteiger charge is -2.05. The summed E-state index contributed by atoms with van der Waals surface area (Å²) in [6.45, 7) is 0. The van der Waals surface area contributed by atoms with Crippen molar-refractivity contribution in [1.29, 1.82) is 0 Å². The van der Waals surface area contributed by atoms with E-state index in [1.807, 2.05) is 47.8 Å². The predicted octanol–water partition coefficient (Wildman–Crippen LogP) is 2.59. The topological polar surface area (TPSA) is 121 Å². The van der Waals surface area contributed by atoms with E-state index in [0.29, 0.717) is 6.42 Å². The van der Waals surface area contributed by atoms with Crippen molar-refractivity contribution in [3.8, 4) is 17.3 Å². The fraction of sp³-hybridized carbons (Fsp3) is 0.143. The molecular weight excluding hydrogens is 461 g/mol. The van der Waals surface area contributed by atoms with Gasteiger partial charge in [0.15, 0.2) is 16.7 Å². The first kappa shape index (κ1) is 23.7. The van der Waals surface area contributed by atoms with Crippen LogP contribution in [0.15, 0.2) is 53.4 Å². The number of hydrogen-bond donors (Lipinski definition) is 2. The average molecular weight is 478 g/mol. The Morgan fingerprint density at radius 3 is 2.48 bits per heavy atom. The minimum absolute atomic E-state index is 0.0650. The van der Waals surface area contributed by atoms with Crippen molar-refractivity contribution >= 4 is 39.9 Å². The van der Waals surface area contributed by atoms with Crippen LogP contribution in [-0.4, -0.2) is 35.1 Å². The largest absolute Gasteiger partial charge is 0.542 e. The number of H-pyrrole nitrogens is 2. The van der Waals surface area contributed by atoms with Gasteiger partial charge in [-0.2, -0.15) is 13.2 Å². The third-order valence-corrected chi connectivity index (χ3v) is 4.85. The molecule has 172 valence electrons. The highest BCUT2D eigenvalue weighted by Gasteiger charge is 2.28. The molecular formula is C21H17F3N4O4S. The van der Waals surface area contributed by atoms with Gasteiger partial charge in [0.1, 0.15) is 11.7 Å². The van der Waals surface area contributed by atoms with Crippen LogP contribution in [-0.2, 0) is 16.0 Å². The molecule has 0 bridgehead atoms. The van der Waals surface area contributed by atoms with Crippen LogP contribution in [0, 0.1) is 0 Å². The number of aromatic nitrogens is 3. The second-order valence-corrected chi connectivity index (χ2v) is 7.34. The number of thiazole rings is 1. The lowest BCUT2D eigenvalue weighted by atomic mass is 10.1. The molecule has 0 aliphatic heterocycles. The van der Waals surface area contributed by atoms with Crippen molar-refractivity contribution < 1.29 is 37.6 Å². The van der Waals surface area contributed by atoms with E-state index in [1.54, 1.807) is 24.0 Å². The molecule has 0 radical (unpaired) electrons. The molecule has 2 heterocycles. The van der Waals surface area contributed by atoms with Crippen molar-refractivity contribution in [3.63, 3.8) is 0 Å². The van der Waals surface area contributed by atoms with Crippen LogP contribution in [0.25, 0.3) is 22.6 Å².